The summed E-state index contributed by atoms with van der Waals surface area (Å²) in [5.41, 5.74) is 0. The van der Waals surface area contributed by atoms with Gasteiger partial charge < -0.3 is 10.0 Å². The van der Waals surface area contributed by atoms with Gasteiger partial charge in [0.1, 0.15) is 0 Å². The first-order valence-electron chi connectivity index (χ1n) is 4.95. The fourth-order valence-electron chi connectivity index (χ4n) is 3.40. The predicted octanol–water partition coefficient (Wildman–Crippen LogP) is 1.54. The molecule has 0 radical (unpaired) electrons. The molecule has 3 rings (SSSR count). The van der Waals surface area contributed by atoms with E-state index in [9.17, 15) is 5.21 Å². The third kappa shape index (κ3) is 0.817. The average molecular weight is 168 g/mol. The van der Waals surface area contributed by atoms with Crippen molar-refractivity contribution in [3.63, 3.8) is 0 Å². The predicted molar refractivity (Wildman–Crippen MR) is 43.9 cm³/mol. The van der Waals surface area contributed by atoms with Crippen molar-refractivity contribution in [1.82, 2.24) is 5.23 Å². The number of fused-ring (bicyclic) bond motifs is 5. The van der Waals surface area contributed by atoms with Crippen LogP contribution in [0.25, 0.3) is 0 Å². The van der Waals surface area contributed by atoms with Gasteiger partial charge in [0.05, 0.1) is 6.61 Å². The standard InChI is InChI=1S/C9H14NO2/c11-10-9-7-3-1-2-6(4-7)8(9)5-12-10/h6-9H,1-5H2/q-1. The van der Waals surface area contributed by atoms with E-state index in [0.29, 0.717) is 18.4 Å². The maximum Gasteiger partial charge on any atom is 0.0719 e. The van der Waals surface area contributed by atoms with E-state index >= 15 is 0 Å². The molecule has 0 aromatic heterocycles. The molecule has 0 aromatic carbocycles. The molecule has 0 amide bonds. The summed E-state index contributed by atoms with van der Waals surface area (Å²) >= 11 is 0. The number of hydrogen-bond acceptors (Lipinski definition) is 3. The molecule has 68 valence electrons. The number of hydroxylamine groups is 2. The molecule has 3 heteroatoms. The summed E-state index contributed by atoms with van der Waals surface area (Å²) in [7, 11) is 0. The Morgan fingerprint density at radius 2 is 2.08 bits per heavy atom. The van der Waals surface area contributed by atoms with E-state index in [4.69, 9.17) is 4.84 Å². The molecule has 12 heavy (non-hydrogen) atoms. The Bertz CT molecular complexity index is 197. The SMILES string of the molecule is [O-]N1OCC2C3CCCC(C3)C21. The Kier molecular flexibility index (Phi) is 1.48. The molecule has 0 spiro atoms. The zero-order chi connectivity index (χ0) is 8.13. The van der Waals surface area contributed by atoms with E-state index in [-0.39, 0.29) is 6.04 Å². The molecule has 1 aliphatic heterocycles. The van der Waals surface area contributed by atoms with Crippen LogP contribution in [0.2, 0.25) is 0 Å². The maximum atomic E-state index is 11.3. The van der Waals surface area contributed by atoms with Crippen molar-refractivity contribution in [1.29, 1.82) is 0 Å². The summed E-state index contributed by atoms with van der Waals surface area (Å²) in [5, 5.41) is 12.2. The largest absolute Gasteiger partial charge is 0.762 e. The molecule has 1 heterocycles. The fraction of sp³-hybridized carbons (Fsp3) is 1.00. The normalized spacial score (nSPS) is 52.8. The molecular formula is C9H14NO2-. The van der Waals surface area contributed by atoms with Crippen LogP contribution in [-0.4, -0.2) is 17.9 Å². The van der Waals surface area contributed by atoms with Crippen LogP contribution in [0.15, 0.2) is 0 Å². The van der Waals surface area contributed by atoms with Gasteiger partial charge in [-0.15, -0.1) is 0 Å². The average Bonchev–Trinajstić information content (AvgIpc) is 2.57. The lowest BCUT2D eigenvalue weighted by Crippen LogP contribution is -2.29. The second-order valence-corrected chi connectivity index (χ2v) is 4.42. The molecule has 0 aromatic rings. The highest BCUT2D eigenvalue weighted by Gasteiger charge is 2.49. The van der Waals surface area contributed by atoms with Crippen molar-refractivity contribution in [2.45, 2.75) is 31.7 Å². The molecule has 3 aliphatic rings. The smallest absolute Gasteiger partial charge is 0.0719 e. The van der Waals surface area contributed by atoms with Crippen LogP contribution in [0.5, 0.6) is 0 Å². The summed E-state index contributed by atoms with van der Waals surface area (Å²) in [4.78, 5) is 5.03. The van der Waals surface area contributed by atoms with Gasteiger partial charge in [-0.1, -0.05) is 12.8 Å². The quantitative estimate of drug-likeness (QED) is 0.550. The third-order valence-electron chi connectivity index (χ3n) is 3.92. The molecule has 3 fully saturated rings. The molecule has 2 bridgehead atoms. The summed E-state index contributed by atoms with van der Waals surface area (Å²) in [5.74, 6) is 2.01. The van der Waals surface area contributed by atoms with Crippen molar-refractivity contribution in [2.24, 2.45) is 17.8 Å². The lowest BCUT2D eigenvalue weighted by molar-refractivity contribution is -0.101. The minimum Gasteiger partial charge on any atom is -0.762 e. The summed E-state index contributed by atoms with van der Waals surface area (Å²) < 4.78 is 0. The van der Waals surface area contributed by atoms with Gasteiger partial charge >= 0.3 is 0 Å². The third-order valence-corrected chi connectivity index (χ3v) is 3.92. The number of hydrogen-bond donors (Lipinski definition) is 0. The van der Waals surface area contributed by atoms with Gasteiger partial charge in [0.25, 0.3) is 0 Å². The Labute approximate surface area is 72.2 Å². The zero-order valence-corrected chi connectivity index (χ0v) is 7.11. The van der Waals surface area contributed by atoms with Gasteiger partial charge in [0.15, 0.2) is 0 Å². The van der Waals surface area contributed by atoms with Crippen LogP contribution in [0.3, 0.4) is 0 Å². The van der Waals surface area contributed by atoms with Gasteiger partial charge in [-0.25, -0.2) is 0 Å². The van der Waals surface area contributed by atoms with Gasteiger partial charge in [0.2, 0.25) is 0 Å². The van der Waals surface area contributed by atoms with Crippen molar-refractivity contribution in [2.75, 3.05) is 6.61 Å². The Balaban J connectivity index is 1.89. The summed E-state index contributed by atoms with van der Waals surface area (Å²) in [6, 6.07) is 0.220. The first kappa shape index (κ1) is 7.30. The summed E-state index contributed by atoms with van der Waals surface area (Å²) in [6.45, 7) is 0.690. The summed E-state index contributed by atoms with van der Waals surface area (Å²) in [6.07, 6.45) is 5.20. The first-order valence-corrected chi connectivity index (χ1v) is 4.95. The van der Waals surface area contributed by atoms with Crippen LogP contribution in [-0.2, 0) is 4.84 Å². The molecule has 2 saturated carbocycles. The molecule has 1 saturated heterocycles. The number of nitrogens with zero attached hydrogens (tertiary/aromatic N) is 1. The van der Waals surface area contributed by atoms with Gasteiger partial charge in [-0.2, -0.15) is 0 Å². The van der Waals surface area contributed by atoms with Crippen LogP contribution in [0.1, 0.15) is 25.7 Å². The zero-order valence-electron chi connectivity index (χ0n) is 7.11. The molecule has 4 atom stereocenters. The number of rotatable bonds is 0. The van der Waals surface area contributed by atoms with E-state index in [1.54, 1.807) is 0 Å². The fourth-order valence-corrected chi connectivity index (χ4v) is 3.40. The van der Waals surface area contributed by atoms with E-state index in [1.807, 2.05) is 0 Å². The molecular weight excluding hydrogens is 154 g/mol. The van der Waals surface area contributed by atoms with E-state index in [0.717, 1.165) is 11.1 Å². The van der Waals surface area contributed by atoms with Crippen molar-refractivity contribution in [3.05, 3.63) is 5.21 Å². The van der Waals surface area contributed by atoms with Crippen molar-refractivity contribution < 1.29 is 4.84 Å². The topological polar surface area (TPSA) is 35.5 Å². The molecule has 3 nitrogen and oxygen atoms in total. The minimum absolute atomic E-state index is 0.220. The van der Waals surface area contributed by atoms with Crippen LogP contribution >= 0.6 is 0 Å². The molecule has 0 N–H and O–H groups in total. The van der Waals surface area contributed by atoms with Crippen molar-refractivity contribution in [3.8, 4) is 0 Å². The lowest BCUT2D eigenvalue weighted by atomic mass is 9.87. The second kappa shape index (κ2) is 2.44. The van der Waals surface area contributed by atoms with Crippen LogP contribution < -0.4 is 0 Å². The highest BCUT2D eigenvalue weighted by Crippen LogP contribution is 2.50. The second-order valence-electron chi connectivity index (χ2n) is 4.42. The minimum atomic E-state index is 0.220. The van der Waals surface area contributed by atoms with Crippen LogP contribution in [0.4, 0.5) is 0 Å². The van der Waals surface area contributed by atoms with Gasteiger partial charge in [0, 0.05) is 12.0 Å². The van der Waals surface area contributed by atoms with Gasteiger partial charge in [-0.3, -0.25) is 5.23 Å². The monoisotopic (exact) mass is 168 g/mol. The van der Waals surface area contributed by atoms with Crippen molar-refractivity contribution >= 4 is 0 Å². The van der Waals surface area contributed by atoms with E-state index < -0.39 is 0 Å². The lowest BCUT2D eigenvalue weighted by Gasteiger charge is -2.31. The Hall–Kier alpha value is -0.120. The Morgan fingerprint density at radius 1 is 1.25 bits per heavy atom. The highest BCUT2D eigenvalue weighted by molar-refractivity contribution is 5.00. The van der Waals surface area contributed by atoms with E-state index in [1.165, 1.54) is 25.7 Å². The van der Waals surface area contributed by atoms with Gasteiger partial charge in [-0.05, 0) is 24.7 Å². The van der Waals surface area contributed by atoms with Crippen LogP contribution in [0, 0.1) is 23.0 Å². The first-order chi connectivity index (χ1) is 5.86. The molecule has 4 unspecified atom stereocenters. The van der Waals surface area contributed by atoms with E-state index in [2.05, 4.69) is 0 Å². The Morgan fingerprint density at radius 3 is 3.00 bits per heavy atom. The highest BCUT2D eigenvalue weighted by atomic mass is 16.9. The molecule has 2 aliphatic carbocycles. The maximum absolute atomic E-state index is 11.3.